The SMILES string of the molecule is NC[C@H]1CC[C@@H](C(=O)NCCc2c[nH]c3cc(F)ccc23)O1. The van der Waals surface area contributed by atoms with Crippen LogP contribution in [0.15, 0.2) is 24.4 Å². The Labute approximate surface area is 128 Å². The van der Waals surface area contributed by atoms with E-state index in [1.54, 1.807) is 6.07 Å². The maximum absolute atomic E-state index is 13.1. The van der Waals surface area contributed by atoms with Crippen LogP contribution in [0.4, 0.5) is 4.39 Å². The van der Waals surface area contributed by atoms with Crippen LogP contribution in [0.1, 0.15) is 18.4 Å². The standard InChI is InChI=1S/C16H20FN3O2/c17-11-1-3-13-10(9-20-14(13)7-11)5-6-19-16(21)15-4-2-12(8-18)22-15/h1,3,7,9,12,15,20H,2,4-6,8,18H2,(H,19,21)/t12-,15+/m1/s1. The average Bonchev–Trinajstić information content (AvgIpc) is 3.14. The minimum Gasteiger partial charge on any atom is -0.364 e. The van der Waals surface area contributed by atoms with Crippen LogP contribution in [0, 0.1) is 5.82 Å². The van der Waals surface area contributed by atoms with Gasteiger partial charge in [0, 0.05) is 30.2 Å². The van der Waals surface area contributed by atoms with E-state index in [1.165, 1.54) is 12.1 Å². The minimum atomic E-state index is -0.384. The Kier molecular flexibility index (Phi) is 4.40. The molecule has 2 aromatic rings. The van der Waals surface area contributed by atoms with E-state index in [0.717, 1.165) is 29.3 Å². The lowest BCUT2D eigenvalue weighted by Crippen LogP contribution is -2.36. The molecule has 6 heteroatoms. The molecule has 1 aromatic carbocycles. The van der Waals surface area contributed by atoms with E-state index in [4.69, 9.17) is 10.5 Å². The number of halogens is 1. The van der Waals surface area contributed by atoms with Crippen LogP contribution in [0.25, 0.3) is 10.9 Å². The maximum atomic E-state index is 13.1. The molecule has 1 aliphatic rings. The Morgan fingerprint density at radius 1 is 1.45 bits per heavy atom. The van der Waals surface area contributed by atoms with Crippen molar-refractivity contribution in [3.63, 3.8) is 0 Å². The molecule has 0 spiro atoms. The first-order valence-electron chi connectivity index (χ1n) is 7.56. The van der Waals surface area contributed by atoms with Gasteiger partial charge in [-0.05, 0) is 43.0 Å². The highest BCUT2D eigenvalue weighted by Gasteiger charge is 2.29. The monoisotopic (exact) mass is 305 g/mol. The number of rotatable bonds is 5. The zero-order valence-corrected chi connectivity index (χ0v) is 12.3. The molecule has 4 N–H and O–H groups in total. The number of aromatic amines is 1. The van der Waals surface area contributed by atoms with Crippen LogP contribution >= 0.6 is 0 Å². The predicted octanol–water partition coefficient (Wildman–Crippen LogP) is 1.47. The lowest BCUT2D eigenvalue weighted by Gasteiger charge is -2.12. The van der Waals surface area contributed by atoms with Gasteiger partial charge in [-0.1, -0.05) is 0 Å². The van der Waals surface area contributed by atoms with E-state index in [-0.39, 0.29) is 23.9 Å². The molecule has 0 radical (unpaired) electrons. The molecule has 5 nitrogen and oxygen atoms in total. The normalized spacial score (nSPS) is 21.4. The number of carbonyl (C=O) groups is 1. The summed E-state index contributed by atoms with van der Waals surface area (Å²) in [4.78, 5) is 15.1. The van der Waals surface area contributed by atoms with Crippen molar-refractivity contribution in [1.29, 1.82) is 0 Å². The summed E-state index contributed by atoms with van der Waals surface area (Å²) in [6.07, 6.45) is 3.71. The van der Waals surface area contributed by atoms with Crippen molar-refractivity contribution in [2.45, 2.75) is 31.5 Å². The van der Waals surface area contributed by atoms with Crippen molar-refractivity contribution in [3.05, 3.63) is 35.8 Å². The fourth-order valence-corrected chi connectivity index (χ4v) is 2.87. The second kappa shape index (κ2) is 6.46. The number of hydrogen-bond acceptors (Lipinski definition) is 3. The lowest BCUT2D eigenvalue weighted by molar-refractivity contribution is -0.131. The number of H-pyrrole nitrogens is 1. The first-order chi connectivity index (χ1) is 10.7. The number of hydrogen-bond donors (Lipinski definition) is 3. The highest BCUT2D eigenvalue weighted by Crippen LogP contribution is 2.20. The number of fused-ring (bicyclic) bond motifs is 1. The zero-order chi connectivity index (χ0) is 15.5. The van der Waals surface area contributed by atoms with E-state index in [2.05, 4.69) is 10.3 Å². The van der Waals surface area contributed by atoms with Crippen molar-refractivity contribution in [1.82, 2.24) is 10.3 Å². The van der Waals surface area contributed by atoms with Crippen LogP contribution in [0.5, 0.6) is 0 Å². The summed E-state index contributed by atoms with van der Waals surface area (Å²) in [5, 5.41) is 3.87. The molecular formula is C16H20FN3O2. The number of nitrogens with one attached hydrogen (secondary N) is 2. The topological polar surface area (TPSA) is 80.1 Å². The molecule has 0 saturated carbocycles. The summed E-state index contributed by atoms with van der Waals surface area (Å²) in [6.45, 7) is 0.978. The van der Waals surface area contributed by atoms with Gasteiger partial charge < -0.3 is 20.8 Å². The van der Waals surface area contributed by atoms with Gasteiger partial charge in [0.2, 0.25) is 5.91 Å². The molecule has 1 amide bonds. The molecule has 22 heavy (non-hydrogen) atoms. The second-order valence-corrected chi connectivity index (χ2v) is 5.60. The molecule has 1 saturated heterocycles. The van der Waals surface area contributed by atoms with E-state index in [9.17, 15) is 9.18 Å². The molecule has 0 bridgehead atoms. The van der Waals surface area contributed by atoms with E-state index < -0.39 is 0 Å². The molecule has 1 aliphatic heterocycles. The van der Waals surface area contributed by atoms with Crippen molar-refractivity contribution in [2.75, 3.05) is 13.1 Å². The van der Waals surface area contributed by atoms with E-state index in [0.29, 0.717) is 19.5 Å². The summed E-state index contributed by atoms with van der Waals surface area (Å²) in [6, 6.07) is 4.67. The predicted molar refractivity (Wildman–Crippen MR) is 81.9 cm³/mol. The van der Waals surface area contributed by atoms with Crippen LogP contribution in [-0.2, 0) is 16.0 Å². The van der Waals surface area contributed by atoms with Crippen molar-refractivity contribution >= 4 is 16.8 Å². The fraction of sp³-hybridized carbons (Fsp3) is 0.438. The van der Waals surface area contributed by atoms with Gasteiger partial charge in [0.25, 0.3) is 0 Å². The highest BCUT2D eigenvalue weighted by molar-refractivity contribution is 5.83. The highest BCUT2D eigenvalue weighted by atomic mass is 19.1. The van der Waals surface area contributed by atoms with Gasteiger partial charge in [0.1, 0.15) is 11.9 Å². The number of benzene rings is 1. The molecule has 0 unspecified atom stereocenters. The summed E-state index contributed by atoms with van der Waals surface area (Å²) in [7, 11) is 0. The van der Waals surface area contributed by atoms with Crippen LogP contribution in [0.2, 0.25) is 0 Å². The Bertz CT molecular complexity index is 670. The Morgan fingerprint density at radius 2 is 2.32 bits per heavy atom. The van der Waals surface area contributed by atoms with Gasteiger partial charge in [-0.3, -0.25) is 4.79 Å². The van der Waals surface area contributed by atoms with Gasteiger partial charge in [-0.2, -0.15) is 0 Å². The quantitative estimate of drug-likeness (QED) is 0.782. The van der Waals surface area contributed by atoms with Crippen molar-refractivity contribution < 1.29 is 13.9 Å². The smallest absolute Gasteiger partial charge is 0.249 e. The minimum absolute atomic E-state index is 0.000682. The molecule has 2 heterocycles. The van der Waals surface area contributed by atoms with Gasteiger partial charge >= 0.3 is 0 Å². The van der Waals surface area contributed by atoms with E-state index >= 15 is 0 Å². The number of nitrogens with two attached hydrogens (primary N) is 1. The third-order valence-electron chi connectivity index (χ3n) is 4.09. The van der Waals surface area contributed by atoms with Gasteiger partial charge in [0.15, 0.2) is 0 Å². The summed E-state index contributed by atoms with van der Waals surface area (Å²) in [5.74, 6) is -0.344. The van der Waals surface area contributed by atoms with Crippen LogP contribution in [-0.4, -0.2) is 36.2 Å². The number of carbonyl (C=O) groups excluding carboxylic acids is 1. The van der Waals surface area contributed by atoms with Crippen molar-refractivity contribution in [2.24, 2.45) is 5.73 Å². The van der Waals surface area contributed by atoms with Crippen molar-refractivity contribution in [3.8, 4) is 0 Å². The number of ether oxygens (including phenoxy) is 1. The third-order valence-corrected chi connectivity index (χ3v) is 4.09. The van der Waals surface area contributed by atoms with E-state index in [1.807, 2.05) is 6.20 Å². The Hall–Kier alpha value is -1.92. The molecular weight excluding hydrogens is 285 g/mol. The summed E-state index contributed by atoms with van der Waals surface area (Å²) < 4.78 is 18.7. The first-order valence-corrected chi connectivity index (χ1v) is 7.56. The summed E-state index contributed by atoms with van der Waals surface area (Å²) in [5.41, 5.74) is 7.36. The summed E-state index contributed by atoms with van der Waals surface area (Å²) >= 11 is 0. The van der Waals surface area contributed by atoms with Crippen LogP contribution < -0.4 is 11.1 Å². The van der Waals surface area contributed by atoms with Crippen LogP contribution in [0.3, 0.4) is 0 Å². The maximum Gasteiger partial charge on any atom is 0.249 e. The molecule has 1 fully saturated rings. The van der Waals surface area contributed by atoms with Gasteiger partial charge in [0.05, 0.1) is 6.10 Å². The number of aromatic nitrogens is 1. The molecule has 118 valence electrons. The second-order valence-electron chi connectivity index (χ2n) is 5.60. The average molecular weight is 305 g/mol. The number of amides is 1. The first kappa shape index (κ1) is 15.0. The molecule has 0 aliphatic carbocycles. The Morgan fingerprint density at radius 3 is 3.09 bits per heavy atom. The van der Waals surface area contributed by atoms with Gasteiger partial charge in [-0.25, -0.2) is 4.39 Å². The lowest BCUT2D eigenvalue weighted by atomic mass is 10.1. The molecule has 1 aromatic heterocycles. The third kappa shape index (κ3) is 3.13. The molecule has 3 rings (SSSR count). The molecule has 2 atom stereocenters. The Balaban J connectivity index is 1.53. The fourth-order valence-electron chi connectivity index (χ4n) is 2.87. The van der Waals surface area contributed by atoms with Gasteiger partial charge in [-0.15, -0.1) is 0 Å². The largest absolute Gasteiger partial charge is 0.364 e. The zero-order valence-electron chi connectivity index (χ0n) is 12.3.